The second kappa shape index (κ2) is 11.2. The number of aromatic hydroxyl groups is 2. The van der Waals surface area contributed by atoms with Crippen LogP contribution in [0.2, 0.25) is 0 Å². The summed E-state index contributed by atoms with van der Waals surface area (Å²) in [5, 5.41) is 52.5. The highest BCUT2D eigenvalue weighted by molar-refractivity contribution is 5.93. The molecule has 212 valence electrons. The Morgan fingerprint density at radius 1 is 1.21 bits per heavy atom. The van der Waals surface area contributed by atoms with Gasteiger partial charge in [-0.3, -0.25) is 4.79 Å². The molecule has 0 aliphatic carbocycles. The molecule has 0 radical (unpaired) electrons. The summed E-state index contributed by atoms with van der Waals surface area (Å²) in [6, 6.07) is 3.54. The van der Waals surface area contributed by atoms with Gasteiger partial charge >= 0.3 is 17.9 Å². The summed E-state index contributed by atoms with van der Waals surface area (Å²) in [7, 11) is 0. The van der Waals surface area contributed by atoms with Crippen molar-refractivity contribution in [2.24, 2.45) is 5.92 Å². The maximum atomic E-state index is 12.9. The second-order valence-electron chi connectivity index (χ2n) is 9.11. The summed E-state index contributed by atoms with van der Waals surface area (Å²) in [6.07, 6.45) is -7.57. The largest absolute Gasteiger partial charge is 0.504 e. The van der Waals surface area contributed by atoms with Gasteiger partial charge in [0.15, 0.2) is 17.6 Å². The summed E-state index contributed by atoms with van der Waals surface area (Å²) in [6.45, 7) is 4.21. The summed E-state index contributed by atoms with van der Waals surface area (Å²) in [5.74, 6) is -5.17. The minimum absolute atomic E-state index is 0.0123. The van der Waals surface area contributed by atoms with E-state index in [2.05, 4.69) is 6.58 Å². The second-order valence-corrected chi connectivity index (χ2v) is 9.11. The van der Waals surface area contributed by atoms with Gasteiger partial charge in [0.1, 0.15) is 41.7 Å². The molecule has 1 aromatic carbocycles. The van der Waals surface area contributed by atoms with E-state index in [4.69, 9.17) is 28.4 Å². The van der Waals surface area contributed by atoms with Gasteiger partial charge in [-0.15, -0.1) is 6.58 Å². The predicted molar refractivity (Wildman–Crippen MR) is 125 cm³/mol. The fourth-order valence-corrected chi connectivity index (χ4v) is 4.55. The molecule has 0 aromatic heterocycles. The number of rotatable bonds is 7. The molecule has 8 atom stereocenters. The number of phenols is 2. The first-order valence-corrected chi connectivity index (χ1v) is 11.9. The third-order valence-corrected chi connectivity index (χ3v) is 6.66. The highest BCUT2D eigenvalue weighted by Gasteiger charge is 2.55. The number of fused-ring (bicyclic) bond motifs is 1. The van der Waals surface area contributed by atoms with E-state index in [1.807, 2.05) is 0 Å². The van der Waals surface area contributed by atoms with E-state index in [1.54, 1.807) is 0 Å². The summed E-state index contributed by atoms with van der Waals surface area (Å²) in [4.78, 5) is 36.3. The number of aliphatic hydroxyl groups excluding tert-OH is 2. The molecule has 39 heavy (non-hydrogen) atoms. The molecule has 5 N–H and O–H groups in total. The van der Waals surface area contributed by atoms with Gasteiger partial charge < -0.3 is 54.0 Å². The maximum absolute atomic E-state index is 12.9. The molecular formula is C25H28O14. The van der Waals surface area contributed by atoms with E-state index in [-0.39, 0.29) is 18.6 Å². The lowest BCUT2D eigenvalue weighted by atomic mass is 9.76. The first kappa shape index (κ1) is 28.3. The summed E-state index contributed by atoms with van der Waals surface area (Å²) >= 11 is 0. The van der Waals surface area contributed by atoms with Gasteiger partial charge in [-0.2, -0.15) is 0 Å². The Labute approximate surface area is 221 Å². The molecule has 1 aromatic rings. The first-order chi connectivity index (χ1) is 18.5. The lowest BCUT2D eigenvalue weighted by molar-refractivity contribution is -0.343. The average Bonchev–Trinajstić information content (AvgIpc) is 2.88. The van der Waals surface area contributed by atoms with Crippen LogP contribution >= 0.6 is 0 Å². The average molecular weight is 552 g/mol. The molecule has 0 saturated carbocycles. The van der Waals surface area contributed by atoms with Crippen LogP contribution in [0.5, 0.6) is 11.5 Å². The lowest BCUT2D eigenvalue weighted by Crippen LogP contribution is -2.62. The van der Waals surface area contributed by atoms with Gasteiger partial charge in [0.25, 0.3) is 0 Å². The minimum Gasteiger partial charge on any atom is -0.504 e. The van der Waals surface area contributed by atoms with Crippen molar-refractivity contribution in [3.63, 3.8) is 0 Å². The number of hydrogen-bond acceptors (Lipinski definition) is 14. The molecule has 0 unspecified atom stereocenters. The van der Waals surface area contributed by atoms with E-state index >= 15 is 0 Å². The number of phenolic OH excluding ortho intramolecular Hbond substituents is 2. The van der Waals surface area contributed by atoms with Crippen LogP contribution < -0.4 is 0 Å². The molecule has 0 amide bonds. The van der Waals surface area contributed by atoms with Gasteiger partial charge in [-0.25, -0.2) is 9.59 Å². The highest BCUT2D eigenvalue weighted by Crippen LogP contribution is 2.42. The molecule has 14 nitrogen and oxygen atoms in total. The van der Waals surface area contributed by atoms with Gasteiger partial charge in [0.05, 0.1) is 18.8 Å². The van der Waals surface area contributed by atoms with Crippen LogP contribution in [0.25, 0.3) is 0 Å². The molecule has 4 rings (SSSR count). The Bertz CT molecular complexity index is 1160. The highest BCUT2D eigenvalue weighted by atomic mass is 16.8. The van der Waals surface area contributed by atoms with Gasteiger partial charge in [0.2, 0.25) is 12.6 Å². The molecule has 3 heterocycles. The van der Waals surface area contributed by atoms with E-state index in [9.17, 15) is 39.9 Å². The predicted octanol–water partition coefficient (Wildman–Crippen LogP) is -0.630. The molecule has 0 bridgehead atoms. The zero-order chi connectivity index (χ0) is 28.5. The number of carbonyl (C=O) groups excluding carboxylic acids is 3. The fourth-order valence-electron chi connectivity index (χ4n) is 4.55. The quantitative estimate of drug-likeness (QED) is 0.124. The Hall–Kier alpha value is -3.69. The summed E-state index contributed by atoms with van der Waals surface area (Å²) < 4.78 is 32.3. The van der Waals surface area contributed by atoms with Crippen molar-refractivity contribution in [1.29, 1.82) is 0 Å². The van der Waals surface area contributed by atoms with E-state index in [1.165, 1.54) is 12.1 Å². The molecule has 0 spiro atoms. The number of hydrogen-bond donors (Lipinski definition) is 5. The van der Waals surface area contributed by atoms with Gasteiger partial charge in [0, 0.05) is 13.3 Å². The normalized spacial score (nSPS) is 34.0. The van der Waals surface area contributed by atoms with Crippen LogP contribution in [0.4, 0.5) is 0 Å². The van der Waals surface area contributed by atoms with Crippen LogP contribution in [0.15, 0.2) is 42.7 Å². The van der Waals surface area contributed by atoms with Crippen LogP contribution in [0.1, 0.15) is 23.7 Å². The number of carbonyl (C=O) groups is 3. The Balaban J connectivity index is 1.63. The Morgan fingerprint density at radius 2 is 1.95 bits per heavy atom. The fraction of sp³-hybridized carbons (Fsp3) is 0.480. The number of benzene rings is 1. The monoisotopic (exact) mass is 552 g/mol. The molecule has 2 saturated heterocycles. The van der Waals surface area contributed by atoms with Crippen molar-refractivity contribution in [1.82, 2.24) is 0 Å². The van der Waals surface area contributed by atoms with Crippen molar-refractivity contribution >= 4 is 17.9 Å². The Kier molecular flexibility index (Phi) is 8.13. The minimum atomic E-state index is -1.86. The number of ether oxygens (including phenoxy) is 6. The van der Waals surface area contributed by atoms with E-state index in [0.717, 1.165) is 25.3 Å². The van der Waals surface area contributed by atoms with Gasteiger partial charge in [-0.05, 0) is 12.1 Å². The number of cyclic esters (lactones) is 1. The van der Waals surface area contributed by atoms with E-state index in [0.29, 0.717) is 0 Å². The zero-order valence-electron chi connectivity index (χ0n) is 20.7. The smallest absolute Gasteiger partial charge is 0.342 e. The van der Waals surface area contributed by atoms with Crippen molar-refractivity contribution in [2.45, 2.75) is 55.9 Å². The van der Waals surface area contributed by atoms with Crippen LogP contribution in [-0.2, 0) is 38.0 Å². The summed E-state index contributed by atoms with van der Waals surface area (Å²) in [5.41, 5.74) is -2.41. The topological polar surface area (TPSA) is 208 Å². The van der Waals surface area contributed by atoms with Crippen LogP contribution in [0, 0.1) is 5.92 Å². The van der Waals surface area contributed by atoms with Crippen molar-refractivity contribution in [3.05, 3.63) is 48.3 Å². The van der Waals surface area contributed by atoms with E-state index < -0.39 is 90.1 Å². The maximum Gasteiger partial charge on any atom is 0.342 e. The molecule has 2 fully saturated rings. The number of aliphatic hydroxyl groups is 3. The number of esters is 3. The molecule has 14 heteroatoms. The van der Waals surface area contributed by atoms with Crippen molar-refractivity contribution in [3.8, 4) is 11.5 Å². The third-order valence-electron chi connectivity index (χ3n) is 6.66. The number of para-hydroxylation sites is 1. The molecule has 3 aliphatic heterocycles. The van der Waals surface area contributed by atoms with Crippen molar-refractivity contribution in [2.75, 3.05) is 13.2 Å². The third kappa shape index (κ3) is 5.42. The standard InChI is InChI=1S/C25H28O14/c1-3-13-23(36-9-14-22(32)34-8-7-25(13,14)33)39-24-20(19(30)18(29)16(37-24)10-35-11(2)26)38-21(31)12-5-4-6-15(27)17(12)28/h3-6,9,13,16,18-20,23-24,27-30,33H,1,7-8,10H2,2H3/t13-,16+,18+,19-,20+,23-,24-,25+/m0/s1. The van der Waals surface area contributed by atoms with Crippen molar-refractivity contribution < 1.29 is 68.3 Å². The Morgan fingerprint density at radius 3 is 2.64 bits per heavy atom. The molecular weight excluding hydrogens is 524 g/mol. The zero-order valence-corrected chi connectivity index (χ0v) is 20.7. The van der Waals surface area contributed by atoms with Crippen LogP contribution in [-0.4, -0.2) is 99.3 Å². The molecule has 3 aliphatic rings. The first-order valence-electron chi connectivity index (χ1n) is 11.9. The lowest BCUT2D eigenvalue weighted by Gasteiger charge is -2.47. The van der Waals surface area contributed by atoms with Gasteiger partial charge in [-0.1, -0.05) is 12.1 Å². The SMILES string of the molecule is C=C[C@H]1[C@H](O[C@@H]2O[C@H](COC(C)=O)[C@@H](O)[C@H](O)[C@H]2OC(=O)c2cccc(O)c2O)OC=C2C(=O)OCC[C@]21O. The van der Waals surface area contributed by atoms with Crippen LogP contribution in [0.3, 0.4) is 0 Å².